The van der Waals surface area contributed by atoms with Crippen LogP contribution in [-0.2, 0) is 12.4 Å². The van der Waals surface area contributed by atoms with E-state index in [0.717, 1.165) is 24.2 Å². The molecule has 0 aliphatic carbocycles. The van der Waals surface area contributed by atoms with Crippen LogP contribution >= 0.6 is 11.6 Å². The molecule has 0 atom stereocenters. The Bertz CT molecular complexity index is 656. The molecule has 2 aromatic rings. The average Bonchev–Trinajstić information content (AvgIpc) is 2.46. The summed E-state index contributed by atoms with van der Waals surface area (Å²) in [4.78, 5) is 12.6. The largest absolute Gasteiger partial charge is 0.308 e. The summed E-state index contributed by atoms with van der Waals surface area (Å²) in [6.07, 6.45) is 0.977. The van der Waals surface area contributed by atoms with Crippen molar-refractivity contribution in [3.05, 3.63) is 57.9 Å². The maximum atomic E-state index is 12.6. The first-order valence-electron chi connectivity index (χ1n) is 7.38. The molecule has 0 unspecified atom stereocenters. The molecule has 1 aromatic heterocycles. The van der Waals surface area contributed by atoms with Crippen molar-refractivity contribution in [2.75, 3.05) is 0 Å². The van der Waals surface area contributed by atoms with Crippen molar-refractivity contribution in [3.63, 3.8) is 0 Å². The van der Waals surface area contributed by atoms with Gasteiger partial charge >= 0.3 is 0 Å². The Balaban J connectivity index is 2.51. The van der Waals surface area contributed by atoms with Crippen LogP contribution in [0.25, 0.3) is 11.3 Å². The summed E-state index contributed by atoms with van der Waals surface area (Å²) >= 11 is 5.87. The maximum absolute atomic E-state index is 12.6. The number of aromatic nitrogens is 1. The molecular formula is C18H22ClNO. The van der Waals surface area contributed by atoms with Crippen LogP contribution in [0.3, 0.4) is 0 Å². The van der Waals surface area contributed by atoms with E-state index < -0.39 is 0 Å². The molecule has 0 spiro atoms. The number of rotatable bonds is 5. The SMILES string of the molecule is Cc1ccc(-c2ccc(CCl)c(=O)n2CCC(C)C)cc1. The number of benzene rings is 1. The van der Waals surface area contributed by atoms with E-state index in [1.54, 1.807) is 0 Å². The fourth-order valence-corrected chi connectivity index (χ4v) is 2.51. The Hall–Kier alpha value is -1.54. The Morgan fingerprint density at radius 2 is 1.76 bits per heavy atom. The van der Waals surface area contributed by atoms with Crippen LogP contribution in [0.4, 0.5) is 0 Å². The third-order valence-corrected chi connectivity index (χ3v) is 3.96. The highest BCUT2D eigenvalue weighted by molar-refractivity contribution is 6.17. The highest BCUT2D eigenvalue weighted by Gasteiger charge is 2.10. The zero-order valence-electron chi connectivity index (χ0n) is 12.9. The monoisotopic (exact) mass is 303 g/mol. The topological polar surface area (TPSA) is 22.0 Å². The molecule has 0 fully saturated rings. The van der Waals surface area contributed by atoms with Gasteiger partial charge in [-0.25, -0.2) is 0 Å². The van der Waals surface area contributed by atoms with Crippen molar-refractivity contribution in [2.24, 2.45) is 5.92 Å². The number of hydrogen-bond donors (Lipinski definition) is 0. The van der Waals surface area contributed by atoms with Crippen LogP contribution in [0.1, 0.15) is 31.4 Å². The van der Waals surface area contributed by atoms with Gasteiger partial charge in [-0.1, -0.05) is 49.7 Å². The van der Waals surface area contributed by atoms with Gasteiger partial charge < -0.3 is 4.57 Å². The molecular weight excluding hydrogens is 282 g/mol. The average molecular weight is 304 g/mol. The van der Waals surface area contributed by atoms with Crippen LogP contribution in [0.2, 0.25) is 0 Å². The summed E-state index contributed by atoms with van der Waals surface area (Å²) in [6, 6.07) is 12.1. The molecule has 0 saturated carbocycles. The lowest BCUT2D eigenvalue weighted by molar-refractivity contribution is 0.509. The van der Waals surface area contributed by atoms with Crippen LogP contribution in [0.15, 0.2) is 41.2 Å². The maximum Gasteiger partial charge on any atom is 0.255 e. The molecule has 2 nitrogen and oxygen atoms in total. The Morgan fingerprint density at radius 3 is 2.33 bits per heavy atom. The second-order valence-electron chi connectivity index (χ2n) is 5.88. The van der Waals surface area contributed by atoms with E-state index in [1.807, 2.05) is 16.7 Å². The number of alkyl halides is 1. The summed E-state index contributed by atoms with van der Waals surface area (Å²) in [5.41, 5.74) is 3.95. The van der Waals surface area contributed by atoms with Gasteiger partial charge in [0.1, 0.15) is 0 Å². The summed E-state index contributed by atoms with van der Waals surface area (Å²) in [5.74, 6) is 0.816. The summed E-state index contributed by atoms with van der Waals surface area (Å²) in [7, 11) is 0. The van der Waals surface area contributed by atoms with Crippen molar-refractivity contribution in [2.45, 2.75) is 39.6 Å². The molecule has 112 valence electrons. The van der Waals surface area contributed by atoms with Crippen LogP contribution in [-0.4, -0.2) is 4.57 Å². The predicted molar refractivity (Wildman–Crippen MR) is 89.9 cm³/mol. The minimum absolute atomic E-state index is 0.0312. The second-order valence-corrected chi connectivity index (χ2v) is 6.15. The van der Waals surface area contributed by atoms with Gasteiger partial charge in [-0.3, -0.25) is 4.79 Å². The molecule has 21 heavy (non-hydrogen) atoms. The number of halogens is 1. The molecule has 0 aliphatic rings. The van der Waals surface area contributed by atoms with E-state index in [2.05, 4.69) is 45.0 Å². The van der Waals surface area contributed by atoms with Crippen molar-refractivity contribution in [1.29, 1.82) is 0 Å². The normalized spacial score (nSPS) is 11.1. The molecule has 3 heteroatoms. The Kier molecular flexibility index (Phi) is 5.24. The number of aryl methyl sites for hydroxylation is 1. The second kappa shape index (κ2) is 6.95. The lowest BCUT2D eigenvalue weighted by Crippen LogP contribution is -2.25. The Morgan fingerprint density at radius 1 is 1.10 bits per heavy atom. The Labute approximate surface area is 131 Å². The zero-order valence-corrected chi connectivity index (χ0v) is 13.7. The van der Waals surface area contributed by atoms with E-state index in [-0.39, 0.29) is 11.4 Å². The van der Waals surface area contributed by atoms with Gasteiger partial charge in [-0.2, -0.15) is 0 Å². The van der Waals surface area contributed by atoms with Crippen LogP contribution in [0.5, 0.6) is 0 Å². The van der Waals surface area contributed by atoms with Crippen LogP contribution < -0.4 is 5.56 Å². The van der Waals surface area contributed by atoms with Gasteiger partial charge in [-0.05, 0) is 30.9 Å². The van der Waals surface area contributed by atoms with E-state index in [9.17, 15) is 4.79 Å². The lowest BCUT2D eigenvalue weighted by atomic mass is 10.1. The predicted octanol–water partition coefficient (Wildman–Crippen LogP) is 4.61. The van der Waals surface area contributed by atoms with Gasteiger partial charge in [0.05, 0.1) is 11.6 Å². The highest BCUT2D eigenvalue weighted by atomic mass is 35.5. The van der Waals surface area contributed by atoms with E-state index >= 15 is 0 Å². The quantitative estimate of drug-likeness (QED) is 0.739. The summed E-state index contributed by atoms with van der Waals surface area (Å²) in [5, 5.41) is 0. The van der Waals surface area contributed by atoms with Gasteiger partial charge in [0, 0.05) is 12.1 Å². The van der Waals surface area contributed by atoms with Crippen molar-refractivity contribution in [3.8, 4) is 11.3 Å². The van der Waals surface area contributed by atoms with Gasteiger partial charge in [0.25, 0.3) is 5.56 Å². The van der Waals surface area contributed by atoms with Crippen molar-refractivity contribution >= 4 is 11.6 Å². The lowest BCUT2D eigenvalue weighted by Gasteiger charge is -2.15. The van der Waals surface area contributed by atoms with Gasteiger partial charge in [0.2, 0.25) is 0 Å². The van der Waals surface area contributed by atoms with Crippen molar-refractivity contribution in [1.82, 2.24) is 4.57 Å². The fraction of sp³-hybridized carbons (Fsp3) is 0.389. The first kappa shape index (κ1) is 15.8. The highest BCUT2D eigenvalue weighted by Crippen LogP contribution is 2.20. The summed E-state index contributed by atoms with van der Waals surface area (Å²) < 4.78 is 1.86. The van der Waals surface area contributed by atoms with Crippen LogP contribution in [0, 0.1) is 12.8 Å². The fourth-order valence-electron chi connectivity index (χ4n) is 2.31. The first-order chi connectivity index (χ1) is 10.0. The smallest absolute Gasteiger partial charge is 0.255 e. The van der Waals surface area contributed by atoms with Gasteiger partial charge in [-0.15, -0.1) is 11.6 Å². The molecule has 0 radical (unpaired) electrons. The number of hydrogen-bond acceptors (Lipinski definition) is 1. The molecule has 0 saturated heterocycles. The molecule has 0 amide bonds. The number of nitrogens with zero attached hydrogens (tertiary/aromatic N) is 1. The minimum Gasteiger partial charge on any atom is -0.308 e. The van der Waals surface area contributed by atoms with E-state index in [4.69, 9.17) is 11.6 Å². The van der Waals surface area contributed by atoms with Crippen molar-refractivity contribution < 1.29 is 0 Å². The van der Waals surface area contributed by atoms with E-state index in [1.165, 1.54) is 5.56 Å². The molecule has 2 rings (SSSR count). The third kappa shape index (κ3) is 3.76. The summed E-state index contributed by atoms with van der Waals surface area (Å²) in [6.45, 7) is 7.13. The van der Waals surface area contributed by atoms with E-state index in [0.29, 0.717) is 11.5 Å². The molecule has 1 aromatic carbocycles. The molecule has 0 bridgehead atoms. The molecule has 1 heterocycles. The molecule has 0 N–H and O–H groups in total. The standard InChI is InChI=1S/C18H22ClNO/c1-13(2)10-11-20-17(9-8-16(12-19)18(20)21)15-6-4-14(3)5-7-15/h4-9,13H,10-12H2,1-3H3. The number of pyridine rings is 1. The van der Waals surface area contributed by atoms with Gasteiger partial charge in [0.15, 0.2) is 0 Å². The first-order valence-corrected chi connectivity index (χ1v) is 7.92. The third-order valence-electron chi connectivity index (χ3n) is 3.67. The minimum atomic E-state index is 0.0312. The zero-order chi connectivity index (χ0) is 15.4. The molecule has 0 aliphatic heterocycles.